The Morgan fingerprint density at radius 1 is 0.476 bits per heavy atom. The van der Waals surface area contributed by atoms with Crippen molar-refractivity contribution in [3.05, 3.63) is 91.0 Å². The first kappa shape index (κ1) is 15.6. The number of hydrogen-bond donors (Lipinski definition) is 0. The molecule has 1 unspecified atom stereocenters. The molecular formula is C18H17OP2+. The minimum Gasteiger partial charge on any atom is -0.0801 e. The van der Waals surface area contributed by atoms with Crippen molar-refractivity contribution >= 4 is 33.0 Å². The van der Waals surface area contributed by atoms with Gasteiger partial charge in [0.15, 0.2) is 0 Å². The molecule has 1 atom stereocenters. The summed E-state index contributed by atoms with van der Waals surface area (Å²) in [6.45, 7) is 0. The summed E-state index contributed by atoms with van der Waals surface area (Å²) in [5.74, 6) is 0. The molecular weight excluding hydrogens is 294 g/mol. The molecule has 0 saturated heterocycles. The van der Waals surface area contributed by atoms with Gasteiger partial charge in [-0.05, 0) is 23.8 Å². The van der Waals surface area contributed by atoms with Crippen LogP contribution in [0.1, 0.15) is 0 Å². The predicted octanol–water partition coefficient (Wildman–Crippen LogP) is 3.65. The van der Waals surface area contributed by atoms with Crippen LogP contribution in [0.4, 0.5) is 0 Å². The van der Waals surface area contributed by atoms with Crippen LogP contribution in [0.5, 0.6) is 0 Å². The van der Waals surface area contributed by atoms with Gasteiger partial charge >= 0.3 is 9.12 Å². The highest BCUT2D eigenvalue weighted by Crippen LogP contribution is 2.32. The SMILES string of the molecule is O=[PH2+].c1ccc(P(c2ccccc2)c2ccccc2)cc1. The second-order valence-corrected chi connectivity index (χ2v) is 6.56. The van der Waals surface area contributed by atoms with Crippen LogP contribution in [0, 0.1) is 0 Å². The second-order valence-electron chi connectivity index (χ2n) is 4.34. The fraction of sp³-hybridized carbons (Fsp3) is 0. The summed E-state index contributed by atoms with van der Waals surface area (Å²) < 4.78 is 8.17. The minimum atomic E-state index is -0.446. The molecule has 3 aromatic rings. The van der Waals surface area contributed by atoms with E-state index < -0.39 is 7.92 Å². The second kappa shape index (κ2) is 8.47. The van der Waals surface area contributed by atoms with E-state index in [0.717, 1.165) is 0 Å². The third kappa shape index (κ3) is 4.08. The van der Waals surface area contributed by atoms with Gasteiger partial charge in [-0.25, -0.2) is 0 Å². The van der Waals surface area contributed by atoms with Gasteiger partial charge in [0.2, 0.25) is 0 Å². The molecule has 3 rings (SSSR count). The summed E-state index contributed by atoms with van der Waals surface area (Å²) in [6, 6.07) is 32.3. The zero-order valence-corrected chi connectivity index (χ0v) is 13.6. The molecule has 0 fully saturated rings. The normalized spacial score (nSPS) is 9.76. The zero-order valence-electron chi connectivity index (χ0n) is 11.6. The van der Waals surface area contributed by atoms with Crippen molar-refractivity contribution < 1.29 is 4.57 Å². The summed E-state index contributed by atoms with van der Waals surface area (Å²) in [5, 5.41) is 4.19. The molecule has 0 aromatic heterocycles. The average Bonchev–Trinajstić information content (AvgIpc) is 2.60. The molecule has 0 spiro atoms. The van der Waals surface area contributed by atoms with Gasteiger partial charge in [0, 0.05) is 0 Å². The van der Waals surface area contributed by atoms with E-state index in [9.17, 15) is 0 Å². The van der Waals surface area contributed by atoms with E-state index in [2.05, 4.69) is 91.0 Å². The molecule has 0 aliphatic carbocycles. The Hall–Kier alpha value is -1.81. The molecule has 3 heteroatoms. The van der Waals surface area contributed by atoms with Gasteiger partial charge < -0.3 is 0 Å². The molecule has 1 nitrogen and oxygen atoms in total. The van der Waals surface area contributed by atoms with Crippen LogP contribution >= 0.6 is 17.0 Å². The first-order chi connectivity index (χ1) is 10.4. The highest BCUT2D eigenvalue weighted by molar-refractivity contribution is 7.79. The van der Waals surface area contributed by atoms with Crippen LogP contribution in [0.2, 0.25) is 0 Å². The predicted molar refractivity (Wildman–Crippen MR) is 95.5 cm³/mol. The van der Waals surface area contributed by atoms with Gasteiger partial charge in [0.1, 0.15) is 0 Å². The number of hydrogen-bond acceptors (Lipinski definition) is 1. The van der Waals surface area contributed by atoms with Gasteiger partial charge in [-0.15, -0.1) is 0 Å². The van der Waals surface area contributed by atoms with Gasteiger partial charge in [-0.3, -0.25) is 0 Å². The Morgan fingerprint density at radius 2 is 0.714 bits per heavy atom. The lowest BCUT2D eigenvalue weighted by Crippen LogP contribution is -2.20. The summed E-state index contributed by atoms with van der Waals surface area (Å²) in [5.41, 5.74) is 0. The first-order valence-corrected chi connectivity index (χ1v) is 8.45. The van der Waals surface area contributed by atoms with Crippen LogP contribution in [-0.2, 0) is 4.57 Å². The number of rotatable bonds is 3. The van der Waals surface area contributed by atoms with Gasteiger partial charge in [-0.2, -0.15) is 0 Å². The quantitative estimate of drug-likeness (QED) is 0.675. The van der Waals surface area contributed by atoms with Crippen molar-refractivity contribution in [1.29, 1.82) is 0 Å². The highest BCUT2D eigenvalue weighted by Gasteiger charge is 2.14. The van der Waals surface area contributed by atoms with Crippen molar-refractivity contribution in [2.24, 2.45) is 0 Å². The molecule has 0 heterocycles. The maximum atomic E-state index is 8.17. The van der Waals surface area contributed by atoms with E-state index in [1.807, 2.05) is 0 Å². The van der Waals surface area contributed by atoms with E-state index in [1.54, 1.807) is 0 Å². The van der Waals surface area contributed by atoms with E-state index in [4.69, 9.17) is 4.57 Å². The monoisotopic (exact) mass is 311 g/mol. The Kier molecular flexibility index (Phi) is 6.28. The topological polar surface area (TPSA) is 17.1 Å². The highest BCUT2D eigenvalue weighted by atomic mass is 31.1. The Morgan fingerprint density at radius 3 is 0.952 bits per heavy atom. The molecule has 0 aliphatic rings. The van der Waals surface area contributed by atoms with E-state index >= 15 is 0 Å². The van der Waals surface area contributed by atoms with E-state index in [0.29, 0.717) is 0 Å². The van der Waals surface area contributed by atoms with E-state index in [-0.39, 0.29) is 0 Å². The summed E-state index contributed by atoms with van der Waals surface area (Å²) in [4.78, 5) is 0. The summed E-state index contributed by atoms with van der Waals surface area (Å²) in [6.07, 6.45) is 0. The first-order valence-electron chi connectivity index (χ1n) is 6.64. The Balaban J connectivity index is 0.000000774. The molecule has 0 aliphatic heterocycles. The van der Waals surface area contributed by atoms with Crippen LogP contribution in [0.15, 0.2) is 91.0 Å². The smallest absolute Gasteiger partial charge is 0.0801 e. The van der Waals surface area contributed by atoms with E-state index in [1.165, 1.54) is 25.0 Å². The molecule has 0 N–H and O–H groups in total. The summed E-state index contributed by atoms with van der Waals surface area (Å²) >= 11 is 0. The Labute approximate surface area is 129 Å². The zero-order chi connectivity index (χ0) is 14.9. The largest absolute Gasteiger partial charge is 0.310 e. The van der Waals surface area contributed by atoms with Crippen molar-refractivity contribution in [3.8, 4) is 0 Å². The fourth-order valence-electron chi connectivity index (χ4n) is 2.18. The Bertz CT molecular complexity index is 548. The molecule has 0 bridgehead atoms. The standard InChI is InChI=1S/C18H15P.H2OP/c1-4-10-16(11-5-1)19(17-12-6-2-7-13-17)18-14-8-3-9-15-18;1-2/h1-15H;2H2/q;+1. The van der Waals surface area contributed by atoms with Crippen molar-refractivity contribution in [2.45, 2.75) is 0 Å². The fourth-order valence-corrected chi connectivity index (χ4v) is 4.48. The lowest BCUT2D eigenvalue weighted by molar-refractivity contribution is 0.607. The average molecular weight is 311 g/mol. The lowest BCUT2D eigenvalue weighted by atomic mass is 10.4. The molecule has 0 amide bonds. The van der Waals surface area contributed by atoms with Crippen LogP contribution < -0.4 is 15.9 Å². The van der Waals surface area contributed by atoms with Crippen LogP contribution in [0.25, 0.3) is 0 Å². The van der Waals surface area contributed by atoms with Crippen LogP contribution in [-0.4, -0.2) is 0 Å². The molecule has 21 heavy (non-hydrogen) atoms. The maximum Gasteiger partial charge on any atom is 0.310 e. The van der Waals surface area contributed by atoms with Gasteiger partial charge in [-0.1, -0.05) is 95.6 Å². The van der Waals surface area contributed by atoms with Crippen molar-refractivity contribution in [1.82, 2.24) is 0 Å². The molecule has 0 radical (unpaired) electrons. The van der Waals surface area contributed by atoms with Gasteiger partial charge in [0.05, 0.1) is 0 Å². The molecule has 0 saturated carbocycles. The summed E-state index contributed by atoms with van der Waals surface area (Å²) in [7, 11) is 0.721. The van der Waals surface area contributed by atoms with Crippen molar-refractivity contribution in [3.63, 3.8) is 0 Å². The third-order valence-electron chi connectivity index (χ3n) is 3.04. The maximum absolute atomic E-state index is 8.17. The van der Waals surface area contributed by atoms with Gasteiger partial charge in [0.25, 0.3) is 0 Å². The molecule has 104 valence electrons. The lowest BCUT2D eigenvalue weighted by Gasteiger charge is -2.18. The van der Waals surface area contributed by atoms with Crippen LogP contribution in [0.3, 0.4) is 0 Å². The van der Waals surface area contributed by atoms with Crippen molar-refractivity contribution in [2.75, 3.05) is 0 Å². The third-order valence-corrected chi connectivity index (χ3v) is 5.49. The minimum absolute atomic E-state index is 0.446. The molecule has 3 aromatic carbocycles. The number of benzene rings is 3.